The molecule has 12 unspecified atom stereocenters. The number of hydrogen-bond donors (Lipinski definition) is 4. The standard InChI is InChI=1S/C30H48O5/c1-17(2)18-9-12-26(3)19(18)10-13-27(4)21(26)7-8-22-28(27,5)15-20(32)24-29(6,25(34)35)23(33)11-14-30(22,24)16-31/h18-24,31-33H,1,7-16H2,2-6H3,(H,34,35). The molecule has 0 aromatic carbocycles. The van der Waals surface area contributed by atoms with Crippen LogP contribution >= 0.6 is 0 Å². The van der Waals surface area contributed by atoms with Crippen LogP contribution in [0.4, 0.5) is 0 Å². The Morgan fingerprint density at radius 2 is 1.57 bits per heavy atom. The molecule has 4 N–H and O–H groups in total. The molecule has 0 heterocycles. The molecular weight excluding hydrogens is 440 g/mol. The summed E-state index contributed by atoms with van der Waals surface area (Å²) in [7, 11) is 0. The Bertz CT molecular complexity index is 916. The molecule has 0 radical (unpaired) electrons. The van der Waals surface area contributed by atoms with Crippen LogP contribution in [-0.2, 0) is 4.79 Å². The van der Waals surface area contributed by atoms with E-state index in [0.29, 0.717) is 37.0 Å². The lowest BCUT2D eigenvalue weighted by atomic mass is 9.31. The second kappa shape index (κ2) is 7.80. The van der Waals surface area contributed by atoms with Gasteiger partial charge in [0.25, 0.3) is 0 Å². The number of hydrogen-bond acceptors (Lipinski definition) is 4. The Hall–Kier alpha value is -0.910. The van der Waals surface area contributed by atoms with Gasteiger partial charge in [0.05, 0.1) is 17.6 Å². The molecular formula is C30H48O5. The number of rotatable bonds is 3. The molecule has 0 aromatic heterocycles. The summed E-state index contributed by atoms with van der Waals surface area (Å²) in [5.41, 5.74) is -0.715. The smallest absolute Gasteiger partial charge is 0.312 e. The molecule has 35 heavy (non-hydrogen) atoms. The molecule has 12 atom stereocenters. The van der Waals surface area contributed by atoms with Gasteiger partial charge in [-0.15, -0.1) is 0 Å². The fourth-order valence-electron chi connectivity index (χ4n) is 11.9. The van der Waals surface area contributed by atoms with Crippen molar-refractivity contribution in [3.8, 4) is 0 Å². The van der Waals surface area contributed by atoms with Gasteiger partial charge in [0.2, 0.25) is 0 Å². The molecule has 5 nitrogen and oxygen atoms in total. The molecule has 0 spiro atoms. The van der Waals surface area contributed by atoms with Gasteiger partial charge in [0, 0.05) is 17.9 Å². The van der Waals surface area contributed by atoms with E-state index in [4.69, 9.17) is 0 Å². The van der Waals surface area contributed by atoms with Crippen molar-refractivity contribution in [2.45, 2.75) is 105 Å². The molecule has 0 saturated heterocycles. The van der Waals surface area contributed by atoms with E-state index >= 15 is 0 Å². The summed E-state index contributed by atoms with van der Waals surface area (Å²) < 4.78 is 0. The number of carboxylic acid groups (broad SMARTS) is 1. The van der Waals surface area contributed by atoms with Gasteiger partial charge in [-0.3, -0.25) is 4.79 Å². The summed E-state index contributed by atoms with van der Waals surface area (Å²) in [4.78, 5) is 12.6. The highest BCUT2D eigenvalue weighted by Crippen LogP contribution is 2.78. The Morgan fingerprint density at radius 3 is 2.17 bits per heavy atom. The maximum Gasteiger partial charge on any atom is 0.312 e. The van der Waals surface area contributed by atoms with E-state index in [2.05, 4.69) is 34.3 Å². The van der Waals surface area contributed by atoms with Crippen LogP contribution in [0.1, 0.15) is 92.4 Å². The summed E-state index contributed by atoms with van der Waals surface area (Å²) in [6.45, 7) is 15.4. The van der Waals surface area contributed by atoms with E-state index in [-0.39, 0.29) is 28.8 Å². The minimum atomic E-state index is -1.46. The highest BCUT2D eigenvalue weighted by atomic mass is 16.4. The summed E-state index contributed by atoms with van der Waals surface area (Å²) >= 11 is 0. The first-order valence-electron chi connectivity index (χ1n) is 14.1. The minimum absolute atomic E-state index is 0.0228. The van der Waals surface area contributed by atoms with E-state index in [1.54, 1.807) is 6.92 Å². The van der Waals surface area contributed by atoms with Gasteiger partial charge in [0.15, 0.2) is 0 Å². The Labute approximate surface area is 211 Å². The van der Waals surface area contributed by atoms with Crippen LogP contribution in [0.5, 0.6) is 0 Å². The monoisotopic (exact) mass is 488 g/mol. The largest absolute Gasteiger partial charge is 0.481 e. The average Bonchev–Trinajstić information content (AvgIpc) is 3.13. The summed E-state index contributed by atoms with van der Waals surface area (Å²) in [6.07, 6.45) is 6.45. The number of aliphatic carboxylic acids is 1. The van der Waals surface area contributed by atoms with Crippen LogP contribution in [0.3, 0.4) is 0 Å². The summed E-state index contributed by atoms with van der Waals surface area (Å²) in [5.74, 6) is 0.270. The molecule has 5 rings (SSSR count). The summed E-state index contributed by atoms with van der Waals surface area (Å²) in [6, 6.07) is 0. The van der Waals surface area contributed by atoms with E-state index < -0.39 is 34.9 Å². The third-order valence-corrected chi connectivity index (χ3v) is 13.6. The average molecular weight is 489 g/mol. The lowest BCUT2D eigenvalue weighted by Crippen LogP contribution is -2.72. The van der Waals surface area contributed by atoms with Crippen LogP contribution in [0, 0.1) is 56.7 Å². The van der Waals surface area contributed by atoms with Gasteiger partial charge in [-0.25, -0.2) is 0 Å². The molecule has 198 valence electrons. The van der Waals surface area contributed by atoms with Gasteiger partial charge in [-0.05, 0) is 112 Å². The van der Waals surface area contributed by atoms with Crippen LogP contribution < -0.4 is 0 Å². The van der Waals surface area contributed by atoms with Crippen LogP contribution in [-0.4, -0.2) is 45.2 Å². The molecule has 0 bridgehead atoms. The van der Waals surface area contributed by atoms with Crippen LogP contribution in [0.25, 0.3) is 0 Å². The number of aliphatic hydroxyl groups excluding tert-OH is 3. The number of carbonyl (C=O) groups is 1. The number of carboxylic acids is 1. The third kappa shape index (κ3) is 2.90. The van der Waals surface area contributed by atoms with Crippen molar-refractivity contribution in [2.75, 3.05) is 6.61 Å². The Kier molecular flexibility index (Phi) is 5.73. The lowest BCUT2D eigenvalue weighted by molar-refractivity contribution is -0.290. The molecule has 5 aliphatic carbocycles. The first kappa shape index (κ1) is 25.7. The summed E-state index contributed by atoms with van der Waals surface area (Å²) in [5, 5.41) is 44.0. The van der Waals surface area contributed by atoms with Crippen molar-refractivity contribution in [1.82, 2.24) is 0 Å². The fraction of sp³-hybridized carbons (Fsp3) is 0.900. The maximum absolute atomic E-state index is 12.6. The van der Waals surface area contributed by atoms with E-state index in [9.17, 15) is 25.2 Å². The molecule has 5 aliphatic rings. The van der Waals surface area contributed by atoms with Crippen molar-refractivity contribution in [1.29, 1.82) is 0 Å². The van der Waals surface area contributed by atoms with Crippen molar-refractivity contribution >= 4 is 5.97 Å². The minimum Gasteiger partial charge on any atom is -0.481 e. The zero-order valence-electron chi connectivity index (χ0n) is 22.5. The molecule has 0 aliphatic heterocycles. The molecule has 0 aromatic rings. The second-order valence-corrected chi connectivity index (χ2v) is 14.4. The van der Waals surface area contributed by atoms with Crippen LogP contribution in [0.15, 0.2) is 12.2 Å². The van der Waals surface area contributed by atoms with Crippen molar-refractivity contribution in [3.63, 3.8) is 0 Å². The number of fused-ring (bicyclic) bond motifs is 7. The van der Waals surface area contributed by atoms with E-state index in [0.717, 1.165) is 19.3 Å². The van der Waals surface area contributed by atoms with Crippen molar-refractivity contribution in [3.05, 3.63) is 12.2 Å². The SMILES string of the molecule is C=C(C)C1CCC2(C)C1CCC1(C)C2CCC2C3(CO)CCC(O)C(C)(C(=O)O)C3C(O)CC21C. The fourth-order valence-corrected chi connectivity index (χ4v) is 11.9. The number of aliphatic hydroxyl groups is 3. The second-order valence-electron chi connectivity index (χ2n) is 14.4. The zero-order chi connectivity index (χ0) is 25.8. The van der Waals surface area contributed by atoms with Gasteiger partial charge >= 0.3 is 5.97 Å². The van der Waals surface area contributed by atoms with Gasteiger partial charge in [-0.2, -0.15) is 0 Å². The van der Waals surface area contributed by atoms with E-state index in [1.807, 2.05) is 0 Å². The van der Waals surface area contributed by atoms with E-state index in [1.165, 1.54) is 24.8 Å². The predicted molar refractivity (Wildman–Crippen MR) is 135 cm³/mol. The van der Waals surface area contributed by atoms with Crippen LogP contribution in [0.2, 0.25) is 0 Å². The first-order chi connectivity index (χ1) is 16.2. The Morgan fingerprint density at radius 1 is 0.914 bits per heavy atom. The Balaban J connectivity index is 1.59. The predicted octanol–water partition coefficient (Wildman–Crippen LogP) is 5.03. The highest BCUT2D eigenvalue weighted by Gasteiger charge is 2.74. The van der Waals surface area contributed by atoms with Gasteiger partial charge in [-0.1, -0.05) is 32.9 Å². The maximum atomic E-state index is 12.6. The molecule has 5 saturated carbocycles. The molecule has 5 heteroatoms. The van der Waals surface area contributed by atoms with Gasteiger partial charge < -0.3 is 20.4 Å². The van der Waals surface area contributed by atoms with Gasteiger partial charge in [0.1, 0.15) is 0 Å². The lowest BCUT2D eigenvalue weighted by Gasteiger charge is -2.74. The topological polar surface area (TPSA) is 98.0 Å². The van der Waals surface area contributed by atoms with Crippen molar-refractivity contribution < 1.29 is 25.2 Å². The number of allylic oxidation sites excluding steroid dienone is 1. The molecule has 0 amide bonds. The quantitative estimate of drug-likeness (QED) is 0.418. The van der Waals surface area contributed by atoms with Crippen molar-refractivity contribution in [2.24, 2.45) is 56.7 Å². The zero-order valence-corrected chi connectivity index (χ0v) is 22.5. The molecule has 5 fully saturated rings. The first-order valence-corrected chi connectivity index (χ1v) is 14.1. The normalized spacial score (nSPS) is 57.4. The third-order valence-electron chi connectivity index (χ3n) is 13.6. The highest BCUT2D eigenvalue weighted by molar-refractivity contribution is 5.76.